The molecule has 454 valence electrons. The van der Waals surface area contributed by atoms with E-state index in [-0.39, 0.29) is 81.0 Å². The number of phenols is 2. The zero-order chi connectivity index (χ0) is 59.7. The number of phenolic OH excluding ortho intramolecular Hbond substituents is 2. The number of aromatic hydroxyl groups is 2. The van der Waals surface area contributed by atoms with Gasteiger partial charge in [-0.2, -0.15) is 0 Å². The van der Waals surface area contributed by atoms with Gasteiger partial charge in [0.2, 0.25) is 0 Å². The molecule has 0 unspecified atom stereocenters. The Bertz CT molecular complexity index is 2960. The highest BCUT2D eigenvalue weighted by Gasteiger charge is 2.09. The second kappa shape index (κ2) is 43.8. The summed E-state index contributed by atoms with van der Waals surface area (Å²) in [5.41, 5.74) is 1.77. The number of aromatic nitrogens is 2. The van der Waals surface area contributed by atoms with Crippen LogP contribution in [0.1, 0.15) is 150 Å². The number of hydrogen-bond donors (Lipinski definition) is 5. The Morgan fingerprint density at radius 2 is 0.631 bits per heavy atom. The molecule has 0 aliphatic carbocycles. The lowest BCUT2D eigenvalue weighted by Gasteiger charge is -2.06. The van der Waals surface area contributed by atoms with Crippen LogP contribution in [0, 0.1) is 17.5 Å². The van der Waals surface area contributed by atoms with Crippen LogP contribution in [0.3, 0.4) is 0 Å². The molecule has 0 saturated heterocycles. The molecule has 0 amide bonds. The summed E-state index contributed by atoms with van der Waals surface area (Å²) in [5.74, 6) is -2.66. The Morgan fingerprint density at radius 1 is 0.345 bits per heavy atom. The molecule has 0 radical (unpaired) electrons. The minimum absolute atomic E-state index is 0. The van der Waals surface area contributed by atoms with Crippen molar-refractivity contribution in [2.75, 3.05) is 0 Å². The maximum Gasteiger partial charge on any atom is 0.311 e. The standard InChI is InChI=1S/C24H24FNO4.C15H19FO4.C9H7NO.C9H16O4.C6H5FO.2CH4/c25-19-10-12-20(13-11-19)29-23(27)8-4-2-1-3-5-9-24(28)30-21-14-15-22-18(17-21)7-6-16-26-22;16-12-8-10-13(11-9-12)20-15(19)7-5-3-1-2-4-6-14(17)18;11-8-3-4-9-7(6-8)2-1-5-10-9;10-8(11)6-4-2-1-3-5-7-9(12)13;7-5-1-3-6(8)4-2-5;;/h6-7,10-17H,1-5,8-9H2;8-11H,1-7H2,(H,17,18);1-6,11H;1-7H2,(H,10,11)(H,12,13);1-4,8H;2*1H4. The second-order valence-electron chi connectivity index (χ2n) is 18.5. The normalized spacial score (nSPS) is 9.99. The predicted octanol–water partition coefficient (Wildman–Crippen LogP) is 15.8. The van der Waals surface area contributed by atoms with Crippen molar-refractivity contribution >= 4 is 57.6 Å². The molecular formula is C65H79F3N2O14. The topological polar surface area (TPSA) is 257 Å². The number of rotatable bonds is 27. The Kier molecular flexibility index (Phi) is 38.1. The number of ether oxygens (including phenoxy) is 3. The van der Waals surface area contributed by atoms with Crippen molar-refractivity contribution in [3.8, 4) is 28.7 Å². The minimum Gasteiger partial charge on any atom is -0.508 e. The van der Waals surface area contributed by atoms with Crippen LogP contribution in [-0.2, 0) is 28.8 Å². The van der Waals surface area contributed by atoms with E-state index in [1.807, 2.05) is 36.4 Å². The summed E-state index contributed by atoms with van der Waals surface area (Å²) in [4.78, 5) is 74.1. The fourth-order valence-electron chi connectivity index (χ4n) is 7.40. The first-order chi connectivity index (χ1) is 39.4. The number of unbranched alkanes of at least 4 members (excludes halogenated alkanes) is 12. The number of benzene rings is 5. The van der Waals surface area contributed by atoms with Gasteiger partial charge in [0, 0.05) is 61.7 Å². The molecule has 0 saturated carbocycles. The molecular weight excluding hydrogens is 1090 g/mol. The van der Waals surface area contributed by atoms with Gasteiger partial charge < -0.3 is 39.7 Å². The van der Waals surface area contributed by atoms with E-state index in [4.69, 9.17) is 39.7 Å². The third kappa shape index (κ3) is 35.8. The highest BCUT2D eigenvalue weighted by Crippen LogP contribution is 2.21. The first-order valence-corrected chi connectivity index (χ1v) is 27.1. The number of fused-ring (bicyclic) bond motifs is 2. The lowest BCUT2D eigenvalue weighted by Crippen LogP contribution is -2.08. The average molecular weight is 1170 g/mol. The number of pyridine rings is 2. The van der Waals surface area contributed by atoms with E-state index in [1.165, 1.54) is 72.8 Å². The van der Waals surface area contributed by atoms with E-state index in [9.17, 15) is 41.9 Å². The second-order valence-corrected chi connectivity index (χ2v) is 18.5. The SMILES string of the molecule is C.C.O=C(CCCCCCCC(=O)Oc1ccc2ncccc2c1)Oc1ccc(F)cc1.O=C(O)CCCCCCCC(=O)O.O=C(O)CCCCCCCC(=O)Oc1ccc(F)cc1.Oc1ccc(F)cc1.Oc1ccc2ncccc2c1. The molecule has 7 rings (SSSR count). The van der Waals surface area contributed by atoms with Gasteiger partial charge in [0.05, 0.1) is 11.0 Å². The highest BCUT2D eigenvalue weighted by molar-refractivity contribution is 5.82. The lowest BCUT2D eigenvalue weighted by molar-refractivity contribution is -0.138. The minimum atomic E-state index is -0.770. The molecule has 0 aliphatic heterocycles. The molecule has 0 spiro atoms. The molecule has 0 atom stereocenters. The largest absolute Gasteiger partial charge is 0.508 e. The van der Waals surface area contributed by atoms with Gasteiger partial charge in [0.25, 0.3) is 0 Å². The number of hydrogen-bond acceptors (Lipinski definition) is 13. The van der Waals surface area contributed by atoms with Crippen LogP contribution in [0.15, 0.2) is 146 Å². The number of carbonyl (C=O) groups is 6. The zero-order valence-electron chi connectivity index (χ0n) is 45.6. The average Bonchev–Trinajstić information content (AvgIpc) is 3.64. The summed E-state index contributed by atoms with van der Waals surface area (Å²) in [6.45, 7) is 0. The number of carboxylic acids is 3. The molecule has 0 fully saturated rings. The molecule has 7 aromatic rings. The summed E-state index contributed by atoms with van der Waals surface area (Å²) in [6, 6.07) is 33.8. The van der Waals surface area contributed by atoms with Gasteiger partial charge in [-0.1, -0.05) is 84.8 Å². The van der Waals surface area contributed by atoms with Gasteiger partial charge in [0.1, 0.15) is 46.2 Å². The van der Waals surface area contributed by atoms with Crippen molar-refractivity contribution in [2.24, 2.45) is 0 Å². The highest BCUT2D eigenvalue weighted by atomic mass is 19.1. The number of halogens is 3. The van der Waals surface area contributed by atoms with Crippen LogP contribution in [0.5, 0.6) is 28.7 Å². The van der Waals surface area contributed by atoms with Gasteiger partial charge in [-0.3, -0.25) is 38.7 Å². The van der Waals surface area contributed by atoms with Crippen LogP contribution in [0.4, 0.5) is 13.2 Å². The monoisotopic (exact) mass is 1170 g/mol. The molecule has 84 heavy (non-hydrogen) atoms. The molecule has 19 heteroatoms. The first-order valence-electron chi connectivity index (χ1n) is 27.1. The first kappa shape index (κ1) is 73.1. The lowest BCUT2D eigenvalue weighted by atomic mass is 10.1. The maximum atomic E-state index is 12.8. The van der Waals surface area contributed by atoms with Gasteiger partial charge in [-0.25, -0.2) is 13.2 Å². The van der Waals surface area contributed by atoms with Crippen molar-refractivity contribution in [1.82, 2.24) is 9.97 Å². The Hall–Kier alpha value is -8.87. The molecule has 16 nitrogen and oxygen atoms in total. The summed E-state index contributed by atoms with van der Waals surface area (Å²) in [6.07, 6.45) is 17.4. The predicted molar refractivity (Wildman–Crippen MR) is 316 cm³/mol. The Labute approximate surface area is 489 Å². The molecule has 2 aromatic heterocycles. The van der Waals surface area contributed by atoms with Crippen LogP contribution < -0.4 is 14.2 Å². The quantitative estimate of drug-likeness (QED) is 0.0182. The molecule has 0 aliphatic rings. The Balaban J connectivity index is 0.000000564. The van der Waals surface area contributed by atoms with Crippen LogP contribution in [-0.4, -0.2) is 71.3 Å². The van der Waals surface area contributed by atoms with E-state index >= 15 is 0 Å². The molecule has 0 bridgehead atoms. The van der Waals surface area contributed by atoms with E-state index < -0.39 is 17.9 Å². The van der Waals surface area contributed by atoms with Gasteiger partial charge in [-0.05, 0) is 160 Å². The number of carboxylic acid groups (broad SMARTS) is 3. The molecule has 5 N–H and O–H groups in total. The van der Waals surface area contributed by atoms with E-state index in [1.54, 1.807) is 36.7 Å². The van der Waals surface area contributed by atoms with Crippen LogP contribution >= 0.6 is 0 Å². The van der Waals surface area contributed by atoms with E-state index in [2.05, 4.69) is 9.97 Å². The summed E-state index contributed by atoms with van der Waals surface area (Å²) >= 11 is 0. The van der Waals surface area contributed by atoms with E-state index in [0.29, 0.717) is 62.2 Å². The van der Waals surface area contributed by atoms with Gasteiger partial charge >= 0.3 is 35.8 Å². The van der Waals surface area contributed by atoms with Crippen molar-refractivity contribution in [1.29, 1.82) is 0 Å². The van der Waals surface area contributed by atoms with Crippen molar-refractivity contribution in [3.63, 3.8) is 0 Å². The molecule has 2 heterocycles. The maximum absolute atomic E-state index is 12.8. The molecule has 5 aromatic carbocycles. The van der Waals surface area contributed by atoms with Crippen LogP contribution in [0.2, 0.25) is 0 Å². The van der Waals surface area contributed by atoms with Crippen molar-refractivity contribution in [3.05, 3.63) is 163 Å². The van der Waals surface area contributed by atoms with Crippen molar-refractivity contribution < 1.29 is 81.7 Å². The number of nitrogens with zero attached hydrogens (tertiary/aromatic N) is 2. The third-order valence-electron chi connectivity index (χ3n) is 11.6. The summed E-state index contributed by atoms with van der Waals surface area (Å²) in [5, 5.41) is 44.7. The van der Waals surface area contributed by atoms with E-state index in [0.717, 1.165) is 92.4 Å². The number of carbonyl (C=O) groups excluding carboxylic acids is 3. The third-order valence-corrected chi connectivity index (χ3v) is 11.6. The summed E-state index contributed by atoms with van der Waals surface area (Å²) in [7, 11) is 0. The smallest absolute Gasteiger partial charge is 0.311 e. The fourth-order valence-corrected chi connectivity index (χ4v) is 7.40. The van der Waals surface area contributed by atoms with Gasteiger partial charge in [0.15, 0.2) is 0 Å². The number of aliphatic carboxylic acids is 3. The van der Waals surface area contributed by atoms with Crippen LogP contribution in [0.25, 0.3) is 21.8 Å². The summed E-state index contributed by atoms with van der Waals surface area (Å²) < 4.78 is 53.0. The fraction of sp³-hybridized carbons (Fsp3) is 0.354. The Morgan fingerprint density at radius 3 is 0.988 bits per heavy atom. The van der Waals surface area contributed by atoms with Gasteiger partial charge in [-0.15, -0.1) is 0 Å². The van der Waals surface area contributed by atoms with Crippen molar-refractivity contribution in [2.45, 2.75) is 150 Å². The number of esters is 3. The zero-order valence-corrected chi connectivity index (χ0v) is 45.6.